The topological polar surface area (TPSA) is 169 Å². The minimum Gasteiger partial charge on any atom is -0.508 e. The van der Waals surface area contributed by atoms with Crippen LogP contribution in [-0.2, 0) is 14.4 Å². The average molecular weight is 820 g/mol. The van der Waals surface area contributed by atoms with Gasteiger partial charge in [0.15, 0.2) is 0 Å². The monoisotopic (exact) mass is 819 g/mol. The highest BCUT2D eigenvalue weighted by Gasteiger charge is 2.45. The predicted octanol–water partition coefficient (Wildman–Crippen LogP) is 5.50. The van der Waals surface area contributed by atoms with Gasteiger partial charge in [-0.05, 0) is 95.6 Å². The molecule has 4 aromatic rings. The predicted molar refractivity (Wildman–Crippen MR) is 223 cm³/mol. The van der Waals surface area contributed by atoms with E-state index in [9.17, 15) is 34.2 Å². The number of phenols is 2. The number of piperidine rings is 1. The van der Waals surface area contributed by atoms with Gasteiger partial charge in [-0.3, -0.25) is 39.1 Å². The summed E-state index contributed by atoms with van der Waals surface area (Å²) in [7, 11) is 0. The molecule has 0 aliphatic carbocycles. The number of ether oxygens (including phenoxy) is 1. The van der Waals surface area contributed by atoms with Gasteiger partial charge in [0.05, 0.1) is 11.1 Å². The SMILES string of the molecule is O=C1CCC(N2C(=O)c3cccc(NCCCC(=O)N4CCN(CCOc5ccc(C(=C(CCCl)c6ccc(O)cc6)c6ccc(O)cc6)cc5)CC4)c3C2=O)C(=O)N1. The van der Waals surface area contributed by atoms with Gasteiger partial charge in [0.2, 0.25) is 17.7 Å². The van der Waals surface area contributed by atoms with Crippen LogP contribution in [0.4, 0.5) is 5.69 Å². The molecule has 7 rings (SSSR count). The quantitative estimate of drug-likeness (QED) is 0.0520. The van der Waals surface area contributed by atoms with Crippen molar-refractivity contribution in [2.45, 2.75) is 38.1 Å². The largest absolute Gasteiger partial charge is 0.508 e. The summed E-state index contributed by atoms with van der Waals surface area (Å²) in [6.45, 7) is 4.26. The van der Waals surface area contributed by atoms with Crippen LogP contribution in [0.1, 0.15) is 69.5 Å². The highest BCUT2D eigenvalue weighted by molar-refractivity contribution is 6.25. The van der Waals surface area contributed by atoms with Crippen LogP contribution in [0, 0.1) is 0 Å². The molecule has 3 heterocycles. The van der Waals surface area contributed by atoms with E-state index in [1.165, 1.54) is 0 Å². The Morgan fingerprint density at radius 3 is 2.08 bits per heavy atom. The molecule has 1 atom stereocenters. The zero-order valence-electron chi connectivity index (χ0n) is 32.5. The maximum Gasteiger partial charge on any atom is 0.264 e. The molecule has 2 fully saturated rings. The summed E-state index contributed by atoms with van der Waals surface area (Å²) >= 11 is 6.28. The number of benzene rings is 4. The molecule has 14 heteroatoms. The van der Waals surface area contributed by atoms with Crippen LogP contribution >= 0.6 is 11.6 Å². The number of rotatable bonds is 15. The lowest BCUT2D eigenvalue weighted by molar-refractivity contribution is -0.136. The van der Waals surface area contributed by atoms with Crippen molar-refractivity contribution >= 4 is 58.0 Å². The molecule has 0 saturated carbocycles. The maximum absolute atomic E-state index is 13.4. The second-order valence-corrected chi connectivity index (χ2v) is 15.1. The Morgan fingerprint density at radius 2 is 1.44 bits per heavy atom. The molecule has 0 spiro atoms. The number of carbonyl (C=O) groups excluding carboxylic acids is 5. The van der Waals surface area contributed by atoms with E-state index in [2.05, 4.69) is 15.5 Å². The fourth-order valence-corrected chi connectivity index (χ4v) is 8.02. The van der Waals surface area contributed by atoms with Gasteiger partial charge >= 0.3 is 0 Å². The Morgan fingerprint density at radius 1 is 0.797 bits per heavy atom. The molecule has 2 saturated heterocycles. The van der Waals surface area contributed by atoms with E-state index in [0.29, 0.717) is 63.6 Å². The Labute approximate surface area is 347 Å². The lowest BCUT2D eigenvalue weighted by Crippen LogP contribution is -2.54. The number of anilines is 1. The lowest BCUT2D eigenvalue weighted by Gasteiger charge is -2.34. The molecule has 59 heavy (non-hydrogen) atoms. The second kappa shape index (κ2) is 18.6. The van der Waals surface area contributed by atoms with E-state index in [-0.39, 0.29) is 41.4 Å². The van der Waals surface area contributed by atoms with Crippen LogP contribution in [0.3, 0.4) is 0 Å². The minimum atomic E-state index is -1.04. The molecule has 4 aromatic carbocycles. The van der Waals surface area contributed by atoms with Crippen molar-refractivity contribution in [3.8, 4) is 17.2 Å². The first kappa shape index (κ1) is 41.0. The Balaban J connectivity index is 0.868. The number of nitrogens with zero attached hydrogens (tertiary/aromatic N) is 3. The summed E-state index contributed by atoms with van der Waals surface area (Å²) in [6.07, 6.45) is 1.57. The Kier molecular flexibility index (Phi) is 12.9. The molecule has 306 valence electrons. The number of allylic oxidation sites excluding steroid dienone is 1. The number of hydrogen-bond acceptors (Lipinski definition) is 10. The van der Waals surface area contributed by atoms with Crippen LogP contribution in [0.15, 0.2) is 91.0 Å². The first-order valence-electron chi connectivity index (χ1n) is 19.8. The van der Waals surface area contributed by atoms with Crippen molar-refractivity contribution in [1.82, 2.24) is 20.0 Å². The number of halogens is 1. The number of fused-ring (bicyclic) bond motifs is 1. The molecule has 0 bridgehead atoms. The standard InChI is InChI=1S/C45H46ClN5O8/c46-21-20-35(29-6-12-32(52)13-7-29)41(30-8-14-33(53)15-9-30)31-10-16-34(17-11-31)59-28-27-49-23-25-50(26-24-49)40(55)5-2-22-47-37-4-1-3-36-42(37)45(58)51(44(36)57)38-18-19-39(54)48-43(38)56/h1,3-4,6-17,38,47,52-53H,2,5,18-28H2,(H,48,54,56). The lowest BCUT2D eigenvalue weighted by atomic mass is 9.88. The van der Waals surface area contributed by atoms with E-state index in [4.69, 9.17) is 16.3 Å². The number of nitrogens with one attached hydrogen (secondary N) is 2. The number of alkyl halides is 1. The number of aromatic hydroxyl groups is 2. The van der Waals surface area contributed by atoms with Crippen molar-refractivity contribution in [3.63, 3.8) is 0 Å². The number of imide groups is 2. The second-order valence-electron chi connectivity index (χ2n) is 14.7. The zero-order valence-corrected chi connectivity index (χ0v) is 33.2. The van der Waals surface area contributed by atoms with Crippen molar-refractivity contribution in [2.24, 2.45) is 0 Å². The third-order valence-electron chi connectivity index (χ3n) is 10.9. The third kappa shape index (κ3) is 9.42. The van der Waals surface area contributed by atoms with Crippen molar-refractivity contribution in [2.75, 3.05) is 57.1 Å². The van der Waals surface area contributed by atoms with Gasteiger partial charge in [-0.25, -0.2) is 0 Å². The first-order chi connectivity index (χ1) is 28.6. The van der Waals surface area contributed by atoms with E-state index >= 15 is 0 Å². The van der Waals surface area contributed by atoms with Gasteiger partial charge in [-0.1, -0.05) is 42.5 Å². The van der Waals surface area contributed by atoms with E-state index in [1.54, 1.807) is 42.5 Å². The van der Waals surface area contributed by atoms with E-state index in [1.807, 2.05) is 53.4 Å². The third-order valence-corrected chi connectivity index (χ3v) is 11.1. The van der Waals surface area contributed by atoms with Crippen molar-refractivity contribution < 1.29 is 38.9 Å². The summed E-state index contributed by atoms with van der Waals surface area (Å²) < 4.78 is 6.13. The average Bonchev–Trinajstić information content (AvgIpc) is 3.50. The molecule has 3 aliphatic rings. The molecule has 0 radical (unpaired) electrons. The first-order valence-corrected chi connectivity index (χ1v) is 20.3. The fraction of sp³-hybridized carbons (Fsp3) is 0.311. The highest BCUT2D eigenvalue weighted by Crippen LogP contribution is 2.37. The van der Waals surface area contributed by atoms with E-state index in [0.717, 1.165) is 51.6 Å². The normalized spacial score (nSPS) is 17.4. The number of carbonyl (C=O) groups is 5. The van der Waals surface area contributed by atoms with E-state index < -0.39 is 29.7 Å². The maximum atomic E-state index is 13.4. The molecule has 0 aromatic heterocycles. The molecule has 4 N–H and O–H groups in total. The number of amides is 5. The van der Waals surface area contributed by atoms with Crippen LogP contribution in [0.25, 0.3) is 11.1 Å². The Hall–Kier alpha value is -6.18. The van der Waals surface area contributed by atoms with Gasteiger partial charge in [-0.15, -0.1) is 11.6 Å². The van der Waals surface area contributed by atoms with Crippen molar-refractivity contribution in [1.29, 1.82) is 0 Å². The van der Waals surface area contributed by atoms with Crippen LogP contribution < -0.4 is 15.4 Å². The van der Waals surface area contributed by atoms with Gasteiger partial charge in [-0.2, -0.15) is 0 Å². The smallest absolute Gasteiger partial charge is 0.264 e. The summed E-state index contributed by atoms with van der Waals surface area (Å²) in [5.74, 6) is -0.677. The van der Waals surface area contributed by atoms with Crippen LogP contribution in [0.2, 0.25) is 0 Å². The summed E-state index contributed by atoms with van der Waals surface area (Å²) in [5, 5.41) is 25.3. The zero-order chi connectivity index (χ0) is 41.5. The van der Waals surface area contributed by atoms with Gasteiger partial charge < -0.3 is 25.2 Å². The molecule has 13 nitrogen and oxygen atoms in total. The summed E-state index contributed by atoms with van der Waals surface area (Å²) in [5.41, 5.74) is 5.68. The van der Waals surface area contributed by atoms with Gasteiger partial charge in [0.1, 0.15) is 29.9 Å². The Bertz CT molecular complexity index is 2240. The summed E-state index contributed by atoms with van der Waals surface area (Å²) in [4.78, 5) is 68.7. The van der Waals surface area contributed by atoms with Crippen molar-refractivity contribution in [3.05, 3.63) is 119 Å². The van der Waals surface area contributed by atoms with Gasteiger partial charge in [0, 0.05) is 63.7 Å². The van der Waals surface area contributed by atoms with Crippen LogP contribution in [-0.4, -0.2) is 112 Å². The molecular weight excluding hydrogens is 774 g/mol. The highest BCUT2D eigenvalue weighted by atomic mass is 35.5. The molecule has 5 amide bonds. The number of piperazine rings is 1. The molecule has 1 unspecified atom stereocenters. The fourth-order valence-electron chi connectivity index (χ4n) is 7.83. The van der Waals surface area contributed by atoms with Crippen LogP contribution in [0.5, 0.6) is 17.2 Å². The number of phenolic OH excluding ortho intramolecular Hbond substituents is 2. The van der Waals surface area contributed by atoms with Gasteiger partial charge in [0.25, 0.3) is 11.8 Å². The minimum absolute atomic E-state index is 0.0501. The number of hydrogen-bond donors (Lipinski definition) is 4. The summed E-state index contributed by atoms with van der Waals surface area (Å²) in [6, 6.07) is 25.9. The molecule has 3 aliphatic heterocycles. The molecular formula is C45H46ClN5O8.